The summed E-state index contributed by atoms with van der Waals surface area (Å²) in [5.41, 5.74) is 2.06. The summed E-state index contributed by atoms with van der Waals surface area (Å²) < 4.78 is 28.8. The van der Waals surface area contributed by atoms with Crippen LogP contribution < -0.4 is 9.62 Å². The molecule has 1 aliphatic rings. The minimum absolute atomic E-state index is 0.0175. The summed E-state index contributed by atoms with van der Waals surface area (Å²) in [4.78, 5) is 28.8. The van der Waals surface area contributed by atoms with Gasteiger partial charge in [-0.2, -0.15) is 0 Å². The van der Waals surface area contributed by atoms with Crippen LogP contribution in [0.1, 0.15) is 50.2 Å². The number of carbonyl (C=O) groups is 2. The molecule has 0 aliphatic heterocycles. The second-order valence-electron chi connectivity index (χ2n) is 10.3. The number of aryl methyl sites for hydroxylation is 1. The van der Waals surface area contributed by atoms with Crippen molar-refractivity contribution >= 4 is 39.1 Å². The third-order valence-corrected chi connectivity index (χ3v) is 9.32. The van der Waals surface area contributed by atoms with Gasteiger partial charge in [-0.3, -0.25) is 13.9 Å². The van der Waals surface area contributed by atoms with Crippen LogP contribution in [0.4, 0.5) is 5.69 Å². The van der Waals surface area contributed by atoms with Crippen molar-refractivity contribution in [1.82, 2.24) is 10.2 Å². The quantitative estimate of drug-likeness (QED) is 0.332. The zero-order chi connectivity index (χ0) is 28.7. The molecule has 1 N–H and O–H groups in total. The zero-order valence-electron chi connectivity index (χ0n) is 22.9. The predicted octanol–water partition coefficient (Wildman–Crippen LogP) is 5.71. The number of hydrogen-bond donors (Lipinski definition) is 1. The van der Waals surface area contributed by atoms with Gasteiger partial charge >= 0.3 is 0 Å². The monoisotopic (exact) mass is 581 g/mol. The molecular formula is C31H36ClN3O4S. The first-order valence-corrected chi connectivity index (χ1v) is 15.5. The van der Waals surface area contributed by atoms with E-state index in [1.54, 1.807) is 25.1 Å². The zero-order valence-corrected chi connectivity index (χ0v) is 24.5. The molecule has 0 spiro atoms. The lowest BCUT2D eigenvalue weighted by Gasteiger charge is -2.33. The fourth-order valence-electron chi connectivity index (χ4n) is 4.98. The average Bonchev–Trinajstić information content (AvgIpc) is 2.95. The molecule has 0 bridgehead atoms. The molecule has 0 saturated heterocycles. The van der Waals surface area contributed by atoms with Crippen molar-refractivity contribution < 1.29 is 18.0 Å². The highest BCUT2D eigenvalue weighted by molar-refractivity contribution is 7.92. The molecule has 1 unspecified atom stereocenters. The van der Waals surface area contributed by atoms with Crippen LogP contribution in [0, 0.1) is 6.92 Å². The van der Waals surface area contributed by atoms with Gasteiger partial charge in [-0.05, 0) is 74.2 Å². The number of nitrogens with zero attached hydrogens (tertiary/aromatic N) is 2. The Labute approximate surface area is 242 Å². The highest BCUT2D eigenvalue weighted by atomic mass is 35.5. The lowest BCUT2D eigenvalue weighted by Crippen LogP contribution is -2.53. The number of benzene rings is 3. The molecule has 1 atom stereocenters. The number of hydrogen-bond acceptors (Lipinski definition) is 4. The fourth-order valence-corrected chi connectivity index (χ4v) is 6.51. The number of amides is 2. The highest BCUT2D eigenvalue weighted by Crippen LogP contribution is 2.26. The number of halogens is 1. The Morgan fingerprint density at radius 2 is 1.62 bits per heavy atom. The lowest BCUT2D eigenvalue weighted by atomic mass is 9.95. The van der Waals surface area contributed by atoms with Gasteiger partial charge in [0.15, 0.2) is 0 Å². The van der Waals surface area contributed by atoms with Gasteiger partial charge < -0.3 is 10.2 Å². The predicted molar refractivity (Wildman–Crippen MR) is 159 cm³/mol. The number of rotatable bonds is 10. The van der Waals surface area contributed by atoms with Crippen molar-refractivity contribution in [2.75, 3.05) is 10.8 Å². The molecule has 212 valence electrons. The van der Waals surface area contributed by atoms with Gasteiger partial charge in [-0.1, -0.05) is 73.3 Å². The van der Waals surface area contributed by atoms with Gasteiger partial charge in [0, 0.05) is 17.6 Å². The first-order chi connectivity index (χ1) is 19.1. The summed E-state index contributed by atoms with van der Waals surface area (Å²) in [5, 5.41) is 3.52. The maximum atomic E-state index is 14.0. The molecule has 3 aromatic rings. The summed E-state index contributed by atoms with van der Waals surface area (Å²) in [5.74, 6) is -0.715. The van der Waals surface area contributed by atoms with Crippen LogP contribution in [0.15, 0.2) is 83.8 Å². The second kappa shape index (κ2) is 13.3. The van der Waals surface area contributed by atoms with Crippen LogP contribution >= 0.6 is 11.6 Å². The van der Waals surface area contributed by atoms with Gasteiger partial charge in [0.2, 0.25) is 11.8 Å². The van der Waals surface area contributed by atoms with E-state index in [0.717, 1.165) is 47.5 Å². The van der Waals surface area contributed by atoms with Crippen LogP contribution in [0.5, 0.6) is 0 Å². The van der Waals surface area contributed by atoms with Crippen molar-refractivity contribution in [2.24, 2.45) is 0 Å². The van der Waals surface area contributed by atoms with Crippen molar-refractivity contribution in [3.63, 3.8) is 0 Å². The SMILES string of the molecule is Cc1cccc(N(CC(=O)N(Cc2ccccc2)C(C)C(=O)NC2CCCCC2)S(=O)(=O)c2ccc(Cl)cc2)c1. The van der Waals surface area contributed by atoms with E-state index in [2.05, 4.69) is 5.32 Å². The first kappa shape index (κ1) is 29.6. The smallest absolute Gasteiger partial charge is 0.264 e. The van der Waals surface area contributed by atoms with E-state index in [1.165, 1.54) is 29.2 Å². The number of nitrogens with one attached hydrogen (secondary N) is 1. The van der Waals surface area contributed by atoms with Crippen molar-refractivity contribution in [3.8, 4) is 0 Å². The summed E-state index contributed by atoms with van der Waals surface area (Å²) >= 11 is 6.01. The van der Waals surface area contributed by atoms with E-state index in [0.29, 0.717) is 10.7 Å². The fraction of sp³-hybridized carbons (Fsp3) is 0.355. The van der Waals surface area contributed by atoms with Gasteiger partial charge in [0.1, 0.15) is 12.6 Å². The molecule has 40 heavy (non-hydrogen) atoms. The molecule has 4 rings (SSSR count). The molecule has 0 radical (unpaired) electrons. The molecule has 2 amide bonds. The Morgan fingerprint density at radius 3 is 2.27 bits per heavy atom. The Hall–Kier alpha value is -3.36. The standard InChI is InChI=1S/C31H36ClN3O4S/c1-23-10-9-15-28(20-23)35(40(38,39)29-18-16-26(32)17-19-29)22-30(36)34(21-25-11-5-3-6-12-25)24(2)31(37)33-27-13-7-4-8-14-27/h3,5-6,9-12,15-20,24,27H,4,7-8,13-14,21-22H2,1-2H3,(H,33,37). The average molecular weight is 582 g/mol. The summed E-state index contributed by atoms with van der Waals surface area (Å²) in [6.45, 7) is 3.26. The third kappa shape index (κ3) is 7.43. The maximum absolute atomic E-state index is 14.0. The third-order valence-electron chi connectivity index (χ3n) is 7.28. The Bertz CT molecular complexity index is 1410. The first-order valence-electron chi connectivity index (χ1n) is 13.6. The van der Waals surface area contributed by atoms with Gasteiger partial charge in [-0.25, -0.2) is 8.42 Å². The van der Waals surface area contributed by atoms with Crippen LogP contribution in [0.2, 0.25) is 5.02 Å². The molecule has 3 aromatic carbocycles. The summed E-state index contributed by atoms with van der Waals surface area (Å²) in [7, 11) is -4.13. The Kier molecular flexibility index (Phi) is 9.87. The molecule has 1 aliphatic carbocycles. The summed E-state index contributed by atoms with van der Waals surface area (Å²) in [6.07, 6.45) is 5.15. The lowest BCUT2D eigenvalue weighted by molar-refractivity contribution is -0.139. The van der Waals surface area contributed by atoms with Crippen LogP contribution in [-0.4, -0.2) is 43.8 Å². The Balaban J connectivity index is 1.66. The maximum Gasteiger partial charge on any atom is 0.264 e. The van der Waals surface area contributed by atoms with Gasteiger partial charge in [0.05, 0.1) is 10.6 Å². The molecule has 1 fully saturated rings. The van der Waals surface area contributed by atoms with E-state index >= 15 is 0 Å². The van der Waals surface area contributed by atoms with Crippen LogP contribution in [0.3, 0.4) is 0 Å². The molecule has 0 heterocycles. The van der Waals surface area contributed by atoms with E-state index in [-0.39, 0.29) is 23.4 Å². The topological polar surface area (TPSA) is 86.8 Å². The van der Waals surface area contributed by atoms with Crippen molar-refractivity contribution in [1.29, 1.82) is 0 Å². The normalized spacial score (nSPS) is 14.8. The second-order valence-corrected chi connectivity index (χ2v) is 12.6. The van der Waals surface area contributed by atoms with Crippen molar-refractivity contribution in [2.45, 2.75) is 69.5 Å². The van der Waals surface area contributed by atoms with Gasteiger partial charge in [-0.15, -0.1) is 0 Å². The molecule has 7 nitrogen and oxygen atoms in total. The number of sulfonamides is 1. The molecular weight excluding hydrogens is 546 g/mol. The summed E-state index contributed by atoms with van der Waals surface area (Å²) in [6, 6.07) is 21.5. The number of anilines is 1. The van der Waals surface area contributed by atoms with E-state index < -0.39 is 28.5 Å². The van der Waals surface area contributed by atoms with Crippen LogP contribution in [0.25, 0.3) is 0 Å². The molecule has 9 heteroatoms. The largest absolute Gasteiger partial charge is 0.352 e. The number of carbonyl (C=O) groups excluding carboxylic acids is 2. The Morgan fingerprint density at radius 1 is 0.950 bits per heavy atom. The van der Waals surface area contributed by atoms with E-state index in [9.17, 15) is 18.0 Å². The van der Waals surface area contributed by atoms with Crippen LogP contribution in [-0.2, 0) is 26.2 Å². The minimum atomic E-state index is -4.13. The van der Waals surface area contributed by atoms with Crippen molar-refractivity contribution in [3.05, 3.63) is 95.0 Å². The highest BCUT2D eigenvalue weighted by Gasteiger charge is 2.33. The van der Waals surface area contributed by atoms with Gasteiger partial charge in [0.25, 0.3) is 10.0 Å². The molecule has 1 saturated carbocycles. The van der Waals surface area contributed by atoms with E-state index in [1.807, 2.05) is 43.3 Å². The minimum Gasteiger partial charge on any atom is -0.352 e. The van der Waals surface area contributed by atoms with E-state index in [4.69, 9.17) is 11.6 Å². The molecule has 0 aromatic heterocycles.